The van der Waals surface area contributed by atoms with E-state index >= 15 is 0 Å². The fourth-order valence-electron chi connectivity index (χ4n) is 2.55. The summed E-state index contributed by atoms with van der Waals surface area (Å²) in [6.45, 7) is 1.22. The lowest BCUT2D eigenvalue weighted by atomic mass is 10.2. The molecule has 7 nitrogen and oxygen atoms in total. The van der Waals surface area contributed by atoms with Gasteiger partial charge in [-0.05, 0) is 31.2 Å². The van der Waals surface area contributed by atoms with E-state index in [-0.39, 0.29) is 0 Å². The van der Waals surface area contributed by atoms with Crippen LogP contribution in [0.1, 0.15) is 12.5 Å². The van der Waals surface area contributed by atoms with E-state index in [0.717, 1.165) is 12.1 Å². The number of nitrogens with one attached hydrogen (secondary N) is 2. The number of carbonyl (C=O) groups excluding carboxylic acids is 1. The highest BCUT2D eigenvalue weighted by molar-refractivity contribution is 7.89. The number of hydrogen-bond acceptors (Lipinski definition) is 4. The quantitative estimate of drug-likeness (QED) is 0.674. The van der Waals surface area contributed by atoms with E-state index in [2.05, 4.69) is 10.4 Å². The van der Waals surface area contributed by atoms with Crippen LogP contribution in [-0.2, 0) is 21.0 Å². The summed E-state index contributed by atoms with van der Waals surface area (Å²) in [7, 11) is -4.60. The second kappa shape index (κ2) is 7.24. The third kappa shape index (κ3) is 3.99. The number of fused-ring (bicyclic) bond motifs is 1. The zero-order valence-corrected chi connectivity index (χ0v) is 15.3. The Balaban J connectivity index is 1.80. The second-order valence-electron chi connectivity index (χ2n) is 5.92. The van der Waals surface area contributed by atoms with E-state index in [1.165, 1.54) is 24.0 Å². The molecule has 1 atom stereocenters. The van der Waals surface area contributed by atoms with Crippen LogP contribution in [0.5, 0.6) is 0 Å². The van der Waals surface area contributed by atoms with E-state index in [1.54, 1.807) is 24.3 Å². The van der Waals surface area contributed by atoms with Crippen molar-refractivity contribution in [2.45, 2.75) is 24.0 Å². The Bertz CT molecular complexity index is 1130. The fourth-order valence-corrected chi connectivity index (χ4v) is 3.98. The van der Waals surface area contributed by atoms with Gasteiger partial charge < -0.3 is 0 Å². The van der Waals surface area contributed by atoms with Crippen molar-refractivity contribution in [3.8, 4) is 0 Å². The van der Waals surface area contributed by atoms with Crippen molar-refractivity contribution < 1.29 is 26.4 Å². The third-order valence-corrected chi connectivity index (χ3v) is 5.49. The summed E-state index contributed by atoms with van der Waals surface area (Å²) >= 11 is 0. The lowest BCUT2D eigenvalue weighted by Gasteiger charge is -2.17. The molecule has 1 aromatic heterocycles. The van der Waals surface area contributed by atoms with Crippen LogP contribution < -0.4 is 10.1 Å². The number of sulfonamides is 1. The molecule has 0 aliphatic heterocycles. The van der Waals surface area contributed by atoms with Crippen LogP contribution >= 0.6 is 0 Å². The van der Waals surface area contributed by atoms with Crippen molar-refractivity contribution in [3.05, 3.63) is 60.4 Å². The summed E-state index contributed by atoms with van der Waals surface area (Å²) in [5.41, 5.74) is 2.32. The van der Waals surface area contributed by atoms with Crippen LogP contribution in [0, 0.1) is 0 Å². The second-order valence-corrected chi connectivity index (χ2v) is 7.60. The van der Waals surface area contributed by atoms with Gasteiger partial charge in [-0.2, -0.15) is 17.9 Å². The number of aromatic nitrogens is 2. The molecule has 1 amide bonds. The van der Waals surface area contributed by atoms with Gasteiger partial charge in [0.2, 0.25) is 10.0 Å². The van der Waals surface area contributed by atoms with Crippen molar-refractivity contribution in [1.82, 2.24) is 14.4 Å². The molecule has 148 valence electrons. The molecule has 11 heteroatoms. The van der Waals surface area contributed by atoms with Crippen molar-refractivity contribution in [3.63, 3.8) is 0 Å². The zero-order chi connectivity index (χ0) is 20.5. The maximum absolute atomic E-state index is 13.1. The highest BCUT2D eigenvalue weighted by atomic mass is 32.2. The molecule has 0 saturated heterocycles. The van der Waals surface area contributed by atoms with Gasteiger partial charge >= 0.3 is 6.18 Å². The lowest BCUT2D eigenvalue weighted by Crippen LogP contribution is -2.44. The molecule has 3 aromatic rings. The minimum atomic E-state index is -4.85. The molecule has 3 rings (SSSR count). The Morgan fingerprint density at radius 3 is 2.46 bits per heavy atom. The van der Waals surface area contributed by atoms with E-state index in [0.29, 0.717) is 17.1 Å². The number of rotatable bonds is 5. The maximum atomic E-state index is 13.1. The molecule has 0 aliphatic rings. The summed E-state index contributed by atoms with van der Waals surface area (Å²) in [6.07, 6.45) is -3.52. The Hall–Kier alpha value is -2.92. The molecule has 0 radical (unpaired) electrons. The topological polar surface area (TPSA) is 93.1 Å². The molecule has 0 saturated carbocycles. The number of halogens is 3. The number of amides is 1. The molecular formula is C17H15F3N4O3S. The molecule has 28 heavy (non-hydrogen) atoms. The van der Waals surface area contributed by atoms with Gasteiger partial charge in [-0.25, -0.2) is 18.1 Å². The Morgan fingerprint density at radius 2 is 1.75 bits per heavy atom. The minimum Gasteiger partial charge on any atom is -0.271 e. The summed E-state index contributed by atoms with van der Waals surface area (Å²) in [4.78, 5) is 15.5. The molecule has 1 heterocycles. The van der Waals surface area contributed by atoms with Gasteiger partial charge in [0.25, 0.3) is 5.91 Å². The first-order chi connectivity index (χ1) is 13.1. The monoisotopic (exact) mass is 412 g/mol. The molecule has 2 aromatic carbocycles. The smallest absolute Gasteiger partial charge is 0.271 e. The van der Waals surface area contributed by atoms with Crippen molar-refractivity contribution in [2.75, 3.05) is 5.43 Å². The van der Waals surface area contributed by atoms with Crippen molar-refractivity contribution in [2.24, 2.45) is 0 Å². The number of alkyl halides is 3. The van der Waals surface area contributed by atoms with Gasteiger partial charge in [-0.3, -0.25) is 10.2 Å². The van der Waals surface area contributed by atoms with Gasteiger partial charge in [0.05, 0.1) is 27.5 Å². The maximum Gasteiger partial charge on any atom is 0.417 e. The van der Waals surface area contributed by atoms with Gasteiger partial charge in [-0.15, -0.1) is 0 Å². The first-order valence-corrected chi connectivity index (χ1v) is 9.49. The number of para-hydroxylation sites is 2. The largest absolute Gasteiger partial charge is 0.417 e. The first-order valence-electron chi connectivity index (χ1n) is 8.01. The van der Waals surface area contributed by atoms with E-state index in [9.17, 15) is 26.4 Å². The average Bonchev–Trinajstić information content (AvgIpc) is 3.04. The van der Waals surface area contributed by atoms with E-state index in [4.69, 9.17) is 0 Å². The number of carbonyl (C=O) groups is 1. The molecule has 2 N–H and O–H groups in total. The van der Waals surface area contributed by atoms with E-state index in [1.807, 2.05) is 4.72 Å². The Kier molecular flexibility index (Phi) is 5.13. The highest BCUT2D eigenvalue weighted by Crippen LogP contribution is 2.33. The molecule has 0 spiro atoms. The predicted octanol–water partition coefficient (Wildman–Crippen LogP) is 2.49. The molecule has 0 unspecified atom stereocenters. The average molecular weight is 412 g/mol. The number of nitrogens with zero attached hydrogens (tertiary/aromatic N) is 2. The number of hydrogen-bond donors (Lipinski definition) is 2. The number of benzene rings is 2. The van der Waals surface area contributed by atoms with Gasteiger partial charge in [-0.1, -0.05) is 24.3 Å². The van der Waals surface area contributed by atoms with Crippen LogP contribution in [0.15, 0.2) is 59.8 Å². The van der Waals surface area contributed by atoms with Crippen LogP contribution in [0.3, 0.4) is 0 Å². The van der Waals surface area contributed by atoms with Gasteiger partial charge in [0.1, 0.15) is 6.33 Å². The summed E-state index contributed by atoms with van der Waals surface area (Å²) < 4.78 is 67.4. The molecular weight excluding hydrogens is 397 g/mol. The van der Waals surface area contributed by atoms with Crippen LogP contribution in [-0.4, -0.2) is 30.0 Å². The highest BCUT2D eigenvalue weighted by Gasteiger charge is 2.37. The normalized spacial score (nSPS) is 13.4. The zero-order valence-electron chi connectivity index (χ0n) is 14.4. The molecule has 0 aliphatic carbocycles. The van der Waals surface area contributed by atoms with E-state index < -0.39 is 38.6 Å². The summed E-state index contributed by atoms with van der Waals surface area (Å²) in [5, 5.41) is 0. The lowest BCUT2D eigenvalue weighted by molar-refractivity contribution is -0.139. The fraction of sp³-hybridized carbons (Fsp3) is 0.176. The van der Waals surface area contributed by atoms with Crippen molar-refractivity contribution in [1.29, 1.82) is 0 Å². The minimum absolute atomic E-state index is 0.577. The predicted molar refractivity (Wildman–Crippen MR) is 95.3 cm³/mol. The Morgan fingerprint density at radius 1 is 1.11 bits per heavy atom. The molecule has 0 bridgehead atoms. The summed E-state index contributed by atoms with van der Waals surface area (Å²) in [6, 6.07) is 9.32. The van der Waals surface area contributed by atoms with Gasteiger partial charge in [0, 0.05) is 0 Å². The first kappa shape index (κ1) is 19.8. The van der Waals surface area contributed by atoms with Crippen LogP contribution in [0.25, 0.3) is 11.0 Å². The SMILES string of the molecule is C[C@H](NS(=O)(=O)c1ccccc1C(F)(F)F)C(=O)Nn1cnc2ccccc21. The van der Waals surface area contributed by atoms with Crippen LogP contribution in [0.4, 0.5) is 13.2 Å². The Labute approximate surface area is 158 Å². The van der Waals surface area contributed by atoms with Crippen LogP contribution in [0.2, 0.25) is 0 Å². The van der Waals surface area contributed by atoms with Crippen molar-refractivity contribution >= 4 is 27.0 Å². The van der Waals surface area contributed by atoms with Gasteiger partial charge in [0.15, 0.2) is 0 Å². The molecule has 0 fully saturated rings. The number of imidazole rings is 1. The standard InChI is InChI=1S/C17H15F3N4O3S/c1-11(16(25)22-24-10-21-13-7-3-4-8-14(13)24)23-28(26,27)15-9-5-2-6-12(15)17(18,19)20/h2-11,23H,1H3,(H,22,25)/t11-/m0/s1. The third-order valence-electron chi connectivity index (χ3n) is 3.89. The summed E-state index contributed by atoms with van der Waals surface area (Å²) in [5.74, 6) is -0.767.